The van der Waals surface area contributed by atoms with Crippen molar-refractivity contribution in [2.75, 3.05) is 20.1 Å². The molecule has 0 radical (unpaired) electrons. The van der Waals surface area contributed by atoms with Gasteiger partial charge in [-0.25, -0.2) is 0 Å². The van der Waals surface area contributed by atoms with Gasteiger partial charge < -0.3 is 10.2 Å². The highest BCUT2D eigenvalue weighted by Gasteiger charge is 2.46. The molecule has 0 aromatic heterocycles. The number of carbonyl (C=O) groups is 1. The van der Waals surface area contributed by atoms with Crippen molar-refractivity contribution in [1.29, 1.82) is 0 Å². The van der Waals surface area contributed by atoms with Crippen molar-refractivity contribution >= 4 is 11.7 Å². The maximum absolute atomic E-state index is 12.3. The highest BCUT2D eigenvalue weighted by atomic mass is 16.2. The molecule has 3 rings (SSSR count). The SMILES string of the molecule is CC1CCC(C2=NC3(CCN(C)CC3)C(=O)N2)CC1. The van der Waals surface area contributed by atoms with Gasteiger partial charge in [0.2, 0.25) is 0 Å². The van der Waals surface area contributed by atoms with Gasteiger partial charge in [-0.2, -0.15) is 0 Å². The van der Waals surface area contributed by atoms with Crippen LogP contribution in [0.4, 0.5) is 0 Å². The number of aliphatic imine (C=N–C) groups is 1. The molecule has 106 valence electrons. The van der Waals surface area contributed by atoms with Crippen molar-refractivity contribution in [3.63, 3.8) is 0 Å². The lowest BCUT2D eigenvalue weighted by molar-refractivity contribution is -0.125. The number of rotatable bonds is 1. The van der Waals surface area contributed by atoms with Crippen LogP contribution in [0.1, 0.15) is 45.4 Å². The number of hydrogen-bond donors (Lipinski definition) is 1. The molecule has 0 unspecified atom stereocenters. The van der Waals surface area contributed by atoms with Crippen molar-refractivity contribution < 1.29 is 4.79 Å². The predicted molar refractivity (Wildman–Crippen MR) is 76.2 cm³/mol. The monoisotopic (exact) mass is 263 g/mol. The first-order valence-electron chi connectivity index (χ1n) is 7.69. The van der Waals surface area contributed by atoms with Crippen LogP contribution >= 0.6 is 0 Å². The second kappa shape index (κ2) is 4.89. The number of carbonyl (C=O) groups excluding carboxylic acids is 1. The van der Waals surface area contributed by atoms with Gasteiger partial charge in [0.15, 0.2) is 0 Å². The maximum Gasteiger partial charge on any atom is 0.253 e. The smallest absolute Gasteiger partial charge is 0.253 e. The topological polar surface area (TPSA) is 44.7 Å². The summed E-state index contributed by atoms with van der Waals surface area (Å²) in [5, 5.41) is 3.11. The first-order chi connectivity index (χ1) is 9.09. The van der Waals surface area contributed by atoms with Gasteiger partial charge in [0.05, 0.1) is 0 Å². The van der Waals surface area contributed by atoms with E-state index in [9.17, 15) is 4.79 Å². The Balaban J connectivity index is 1.72. The van der Waals surface area contributed by atoms with Gasteiger partial charge in [-0.15, -0.1) is 0 Å². The highest BCUT2D eigenvalue weighted by Crippen LogP contribution is 2.34. The quantitative estimate of drug-likeness (QED) is 0.784. The molecular formula is C15H25N3O. The number of likely N-dealkylation sites (tertiary alicyclic amines) is 1. The average Bonchev–Trinajstić information content (AvgIpc) is 2.72. The van der Waals surface area contributed by atoms with Gasteiger partial charge in [-0.3, -0.25) is 9.79 Å². The van der Waals surface area contributed by atoms with Crippen molar-refractivity contribution in [2.24, 2.45) is 16.8 Å². The van der Waals surface area contributed by atoms with E-state index in [2.05, 4.69) is 24.2 Å². The van der Waals surface area contributed by atoms with E-state index < -0.39 is 5.54 Å². The molecule has 4 nitrogen and oxygen atoms in total. The van der Waals surface area contributed by atoms with Crippen LogP contribution in [0.3, 0.4) is 0 Å². The minimum atomic E-state index is -0.426. The van der Waals surface area contributed by atoms with Crippen LogP contribution in [0.2, 0.25) is 0 Å². The molecule has 1 N–H and O–H groups in total. The van der Waals surface area contributed by atoms with E-state index >= 15 is 0 Å². The zero-order chi connectivity index (χ0) is 13.5. The number of hydrogen-bond acceptors (Lipinski definition) is 3. The van der Waals surface area contributed by atoms with E-state index in [1.54, 1.807) is 0 Å². The zero-order valence-corrected chi connectivity index (χ0v) is 12.1. The lowest BCUT2D eigenvalue weighted by atomic mass is 9.82. The first kappa shape index (κ1) is 13.1. The molecule has 0 aromatic rings. The van der Waals surface area contributed by atoms with Crippen LogP contribution in [0.5, 0.6) is 0 Å². The van der Waals surface area contributed by atoms with Crippen LogP contribution in [0.15, 0.2) is 4.99 Å². The molecular weight excluding hydrogens is 238 g/mol. The molecule has 0 atom stereocenters. The number of nitrogens with zero attached hydrogens (tertiary/aromatic N) is 2. The van der Waals surface area contributed by atoms with Crippen molar-refractivity contribution in [3.8, 4) is 0 Å². The first-order valence-corrected chi connectivity index (χ1v) is 7.69. The van der Waals surface area contributed by atoms with E-state index in [1.165, 1.54) is 25.7 Å². The van der Waals surface area contributed by atoms with Crippen LogP contribution in [-0.4, -0.2) is 42.3 Å². The summed E-state index contributed by atoms with van der Waals surface area (Å²) in [5.41, 5.74) is -0.426. The molecule has 1 saturated carbocycles. The molecule has 4 heteroatoms. The third kappa shape index (κ3) is 2.42. The van der Waals surface area contributed by atoms with Gasteiger partial charge in [-0.05, 0) is 38.6 Å². The molecule has 19 heavy (non-hydrogen) atoms. The fourth-order valence-electron chi connectivity index (χ4n) is 3.60. The molecule has 1 saturated heterocycles. The highest BCUT2D eigenvalue weighted by molar-refractivity contribution is 6.09. The number of amidine groups is 1. The summed E-state index contributed by atoms with van der Waals surface area (Å²) >= 11 is 0. The standard InChI is InChI=1S/C15H25N3O/c1-11-3-5-12(6-4-11)13-16-14(19)15(17-13)7-9-18(2)10-8-15/h11-12H,3-10H2,1-2H3,(H,16,17,19). The van der Waals surface area contributed by atoms with Gasteiger partial charge >= 0.3 is 0 Å². The molecule has 1 spiro atoms. The fraction of sp³-hybridized carbons (Fsp3) is 0.867. The lowest BCUT2D eigenvalue weighted by Crippen LogP contribution is -2.48. The van der Waals surface area contributed by atoms with Gasteiger partial charge in [0, 0.05) is 19.0 Å². The van der Waals surface area contributed by atoms with Crippen LogP contribution in [0, 0.1) is 11.8 Å². The summed E-state index contributed by atoms with van der Waals surface area (Å²) in [6, 6.07) is 0. The largest absolute Gasteiger partial charge is 0.312 e. The third-order valence-corrected chi connectivity index (χ3v) is 5.22. The van der Waals surface area contributed by atoms with Crippen LogP contribution < -0.4 is 5.32 Å². The summed E-state index contributed by atoms with van der Waals surface area (Å²) < 4.78 is 0. The van der Waals surface area contributed by atoms with Crippen LogP contribution in [-0.2, 0) is 4.79 Å². The molecule has 0 aromatic carbocycles. The summed E-state index contributed by atoms with van der Waals surface area (Å²) in [6.07, 6.45) is 6.68. The third-order valence-electron chi connectivity index (χ3n) is 5.22. The van der Waals surface area contributed by atoms with Crippen molar-refractivity contribution in [2.45, 2.75) is 51.0 Å². The zero-order valence-electron chi connectivity index (χ0n) is 12.1. The van der Waals surface area contributed by atoms with Gasteiger partial charge in [0.25, 0.3) is 5.91 Å². The Labute approximate surface area is 115 Å². The lowest BCUT2D eigenvalue weighted by Gasteiger charge is -2.33. The molecule has 3 aliphatic rings. The Bertz CT molecular complexity index is 388. The fourth-order valence-corrected chi connectivity index (χ4v) is 3.60. The van der Waals surface area contributed by atoms with Crippen molar-refractivity contribution in [1.82, 2.24) is 10.2 Å². The average molecular weight is 263 g/mol. The normalized spacial score (nSPS) is 35.3. The summed E-state index contributed by atoms with van der Waals surface area (Å²) in [6.45, 7) is 4.28. The number of piperidine rings is 1. The second-order valence-electron chi connectivity index (χ2n) is 6.74. The van der Waals surface area contributed by atoms with Gasteiger partial charge in [0.1, 0.15) is 11.4 Å². The number of amides is 1. The molecule has 1 amide bonds. The minimum Gasteiger partial charge on any atom is -0.312 e. The maximum atomic E-state index is 12.3. The van der Waals surface area contributed by atoms with E-state index in [0.29, 0.717) is 5.92 Å². The van der Waals surface area contributed by atoms with Crippen LogP contribution in [0.25, 0.3) is 0 Å². The Morgan fingerprint density at radius 2 is 1.84 bits per heavy atom. The van der Waals surface area contributed by atoms with E-state index in [-0.39, 0.29) is 5.91 Å². The predicted octanol–water partition coefficient (Wildman–Crippen LogP) is 1.81. The summed E-state index contributed by atoms with van der Waals surface area (Å²) in [7, 11) is 2.12. The second-order valence-corrected chi connectivity index (χ2v) is 6.74. The van der Waals surface area contributed by atoms with E-state index in [4.69, 9.17) is 4.99 Å². The van der Waals surface area contributed by atoms with Crippen molar-refractivity contribution in [3.05, 3.63) is 0 Å². The molecule has 0 bridgehead atoms. The molecule has 2 aliphatic heterocycles. The number of nitrogens with one attached hydrogen (secondary N) is 1. The Morgan fingerprint density at radius 3 is 2.47 bits per heavy atom. The van der Waals surface area contributed by atoms with E-state index in [1.807, 2.05) is 0 Å². The summed E-state index contributed by atoms with van der Waals surface area (Å²) in [4.78, 5) is 19.5. The molecule has 2 heterocycles. The minimum absolute atomic E-state index is 0.161. The van der Waals surface area contributed by atoms with E-state index in [0.717, 1.165) is 37.7 Å². The summed E-state index contributed by atoms with van der Waals surface area (Å²) in [5.74, 6) is 2.50. The Hall–Kier alpha value is -0.900. The molecule has 1 aliphatic carbocycles. The molecule has 2 fully saturated rings. The Kier molecular flexibility index (Phi) is 3.37. The Morgan fingerprint density at radius 1 is 1.21 bits per heavy atom. The van der Waals surface area contributed by atoms with Gasteiger partial charge in [-0.1, -0.05) is 19.8 Å².